The topological polar surface area (TPSA) is 60.7 Å². The van der Waals surface area contributed by atoms with Gasteiger partial charge in [-0.2, -0.15) is 0 Å². The Hall–Kier alpha value is -3.72. The maximum atomic E-state index is 11.5. The van der Waals surface area contributed by atoms with E-state index >= 15 is 0 Å². The lowest BCUT2D eigenvalue weighted by Crippen LogP contribution is -2.18. The van der Waals surface area contributed by atoms with Crippen molar-refractivity contribution in [2.24, 2.45) is 0 Å². The molecule has 4 rings (SSSR count). The van der Waals surface area contributed by atoms with Gasteiger partial charge in [0.05, 0.1) is 0 Å². The number of benzene rings is 4. The number of hydrogen-bond acceptors (Lipinski definition) is 3. The molecule has 0 bridgehead atoms. The molecule has 0 amide bonds. The summed E-state index contributed by atoms with van der Waals surface area (Å²) >= 11 is 0. The molecule has 3 nitrogen and oxygen atoms in total. The van der Waals surface area contributed by atoms with E-state index in [-0.39, 0.29) is 16.2 Å². The molecule has 0 atom stereocenters. The highest BCUT2D eigenvalue weighted by molar-refractivity contribution is 5.59. The summed E-state index contributed by atoms with van der Waals surface area (Å²) in [7, 11) is 0. The number of phenols is 3. The molecule has 0 fully saturated rings. The van der Waals surface area contributed by atoms with E-state index in [1.807, 2.05) is 0 Å². The van der Waals surface area contributed by atoms with Crippen LogP contribution in [-0.2, 0) is 74.0 Å². The predicted octanol–water partition coefficient (Wildman–Crippen LogP) is 14.0. The summed E-state index contributed by atoms with van der Waals surface area (Å²) in [5.41, 5.74) is 18.2. The number of rotatable bonds is 15. The molecule has 3 heteroatoms. The normalized spacial score (nSPS) is 12.5. The third-order valence-electron chi connectivity index (χ3n) is 12.1. The van der Waals surface area contributed by atoms with Crippen LogP contribution in [0.2, 0.25) is 0 Å². The van der Waals surface area contributed by atoms with Gasteiger partial charge in [0, 0.05) is 0 Å². The van der Waals surface area contributed by atoms with E-state index < -0.39 is 0 Å². The van der Waals surface area contributed by atoms with Gasteiger partial charge in [-0.3, -0.25) is 0 Å². The molecule has 0 aliphatic rings. The van der Waals surface area contributed by atoms with Gasteiger partial charge in [0.25, 0.3) is 0 Å². The van der Waals surface area contributed by atoms with Crippen LogP contribution in [0.15, 0.2) is 36.4 Å². The summed E-state index contributed by atoms with van der Waals surface area (Å²) < 4.78 is 0. The van der Waals surface area contributed by atoms with Gasteiger partial charge in [-0.05, 0) is 157 Å². The fourth-order valence-corrected chi connectivity index (χ4v) is 9.11. The molecule has 0 radical (unpaired) electrons. The molecule has 0 aromatic heterocycles. The first-order chi connectivity index (χ1) is 26.6. The van der Waals surface area contributed by atoms with Crippen LogP contribution in [0.3, 0.4) is 0 Å². The summed E-state index contributed by atoms with van der Waals surface area (Å²) in [4.78, 5) is 0. The Balaban J connectivity index is 2.20. The van der Waals surface area contributed by atoms with Crippen LogP contribution in [0.25, 0.3) is 0 Å². The minimum Gasteiger partial charge on any atom is -0.507 e. The Labute approximate surface area is 348 Å². The summed E-state index contributed by atoms with van der Waals surface area (Å²) in [5.74, 6) is 1.33. The lowest BCUT2D eigenvalue weighted by molar-refractivity contribution is 0.439. The van der Waals surface area contributed by atoms with Crippen molar-refractivity contribution < 1.29 is 15.3 Å². The van der Waals surface area contributed by atoms with E-state index in [1.54, 1.807) is 0 Å². The van der Waals surface area contributed by atoms with Crippen molar-refractivity contribution in [3.63, 3.8) is 0 Å². The molecule has 0 aliphatic carbocycles. The number of aromatic hydroxyl groups is 3. The molecule has 0 aliphatic heterocycles. The highest BCUT2D eigenvalue weighted by Crippen LogP contribution is 2.42. The Bertz CT molecular complexity index is 2020. The van der Waals surface area contributed by atoms with Gasteiger partial charge in [-0.1, -0.05) is 160 Å². The Morgan fingerprint density at radius 3 is 0.789 bits per heavy atom. The zero-order chi connectivity index (χ0) is 42.6. The van der Waals surface area contributed by atoms with Gasteiger partial charge < -0.3 is 15.3 Å². The van der Waals surface area contributed by atoms with Crippen LogP contribution in [-0.4, -0.2) is 15.3 Å². The Morgan fingerprint density at radius 1 is 0.351 bits per heavy atom. The van der Waals surface area contributed by atoms with Crippen LogP contribution < -0.4 is 0 Å². The van der Waals surface area contributed by atoms with Gasteiger partial charge in [0.15, 0.2) is 0 Å². The lowest BCUT2D eigenvalue weighted by atomic mass is 9.75. The maximum absolute atomic E-state index is 11.5. The Kier molecular flexibility index (Phi) is 14.9. The van der Waals surface area contributed by atoms with E-state index in [0.29, 0.717) is 17.2 Å². The average molecular weight is 775 g/mol. The standard InChI is InChI=1S/C54H78O3/c1-16-22-40-41(23-17-2)44(29-35-26-38(20-5)50(56)47(32-35)53(10,11)12)45(30-36-27-39(21-6)51(57)48(33-36)54(13,14)15)42(24-18-3)43(40)28-34-25-37(19-4)49(55)46(31-34)52(7,8)9/h25-27,31-33,55-57H,16-24,28-30H2,1-15H3. The smallest absolute Gasteiger partial charge is 0.122 e. The van der Waals surface area contributed by atoms with Gasteiger partial charge >= 0.3 is 0 Å². The molecule has 0 saturated heterocycles. The van der Waals surface area contributed by atoms with Crippen molar-refractivity contribution >= 4 is 0 Å². The first-order valence-corrected chi connectivity index (χ1v) is 22.4. The number of aryl methyl sites for hydroxylation is 3. The van der Waals surface area contributed by atoms with Gasteiger partial charge in [0.2, 0.25) is 0 Å². The minimum atomic E-state index is -0.199. The van der Waals surface area contributed by atoms with Crippen molar-refractivity contribution in [1.82, 2.24) is 0 Å². The molecule has 0 heterocycles. The fraction of sp³-hybridized carbons (Fsp3) is 0.556. The second kappa shape index (κ2) is 18.5. The van der Waals surface area contributed by atoms with Crippen molar-refractivity contribution in [2.75, 3.05) is 0 Å². The molecule has 3 N–H and O–H groups in total. The van der Waals surface area contributed by atoms with E-state index in [2.05, 4.69) is 140 Å². The van der Waals surface area contributed by atoms with Crippen molar-refractivity contribution in [1.29, 1.82) is 0 Å². The highest BCUT2D eigenvalue weighted by atomic mass is 16.3. The predicted molar refractivity (Wildman–Crippen MR) is 245 cm³/mol. The molecule has 4 aromatic carbocycles. The quantitative estimate of drug-likeness (QED) is 0.113. The van der Waals surface area contributed by atoms with E-state index in [1.165, 1.54) is 50.1 Å². The maximum Gasteiger partial charge on any atom is 0.122 e. The molecule has 0 spiro atoms. The summed E-state index contributed by atoms with van der Waals surface area (Å²) in [6.45, 7) is 33.2. The molecule has 0 saturated carbocycles. The van der Waals surface area contributed by atoms with E-state index in [9.17, 15) is 15.3 Å². The van der Waals surface area contributed by atoms with Gasteiger partial charge in [-0.15, -0.1) is 0 Å². The molecule has 0 unspecified atom stereocenters. The summed E-state index contributed by atoms with van der Waals surface area (Å²) in [5, 5.41) is 34.4. The Morgan fingerprint density at radius 2 is 0.579 bits per heavy atom. The monoisotopic (exact) mass is 775 g/mol. The van der Waals surface area contributed by atoms with Crippen molar-refractivity contribution in [3.8, 4) is 17.2 Å². The third kappa shape index (κ3) is 10.3. The van der Waals surface area contributed by atoms with Crippen LogP contribution in [0.4, 0.5) is 0 Å². The SMILES string of the molecule is CCCc1c(CCC)c(Cc2cc(CC)c(O)c(C(C)(C)C)c2)c(Cc2cc(CC)c(O)c(C(C)(C)C)c2)c(CCC)c1Cc1cc(CC)c(O)c(C(C)(C)C)c1. The van der Waals surface area contributed by atoms with Crippen LogP contribution >= 0.6 is 0 Å². The fourth-order valence-electron chi connectivity index (χ4n) is 9.11. The second-order valence-electron chi connectivity index (χ2n) is 19.9. The third-order valence-corrected chi connectivity index (χ3v) is 12.1. The largest absolute Gasteiger partial charge is 0.507 e. The molecule has 57 heavy (non-hydrogen) atoms. The van der Waals surface area contributed by atoms with Crippen LogP contribution in [0, 0.1) is 0 Å². The van der Waals surface area contributed by atoms with Gasteiger partial charge in [-0.25, -0.2) is 0 Å². The van der Waals surface area contributed by atoms with Crippen molar-refractivity contribution in [2.45, 2.75) is 197 Å². The first kappa shape index (κ1) is 46.0. The minimum absolute atomic E-state index is 0.182. The number of hydrogen-bond donors (Lipinski definition) is 3. The molecule has 312 valence electrons. The number of phenolic OH excluding ortho intramolecular Hbond substituents is 3. The molecule has 4 aromatic rings. The molecular formula is C54H78O3. The zero-order valence-electron chi connectivity index (χ0n) is 38.8. The lowest BCUT2D eigenvalue weighted by Gasteiger charge is -2.30. The summed E-state index contributed by atoms with van der Waals surface area (Å²) in [6.07, 6.45) is 11.0. The second-order valence-corrected chi connectivity index (χ2v) is 19.9. The summed E-state index contributed by atoms with van der Waals surface area (Å²) in [6, 6.07) is 13.6. The van der Waals surface area contributed by atoms with E-state index in [4.69, 9.17) is 0 Å². The first-order valence-electron chi connectivity index (χ1n) is 22.4. The zero-order valence-corrected chi connectivity index (χ0v) is 38.8. The van der Waals surface area contributed by atoms with Gasteiger partial charge in [0.1, 0.15) is 17.2 Å². The highest BCUT2D eigenvalue weighted by Gasteiger charge is 2.28. The van der Waals surface area contributed by atoms with Crippen LogP contribution in [0.1, 0.15) is 207 Å². The van der Waals surface area contributed by atoms with Crippen molar-refractivity contribution in [3.05, 3.63) is 120 Å². The average Bonchev–Trinajstić information content (AvgIpc) is 3.12. The van der Waals surface area contributed by atoms with E-state index in [0.717, 1.165) is 110 Å². The molecular weight excluding hydrogens is 697 g/mol. The van der Waals surface area contributed by atoms with Crippen LogP contribution in [0.5, 0.6) is 17.2 Å².